The van der Waals surface area contributed by atoms with E-state index in [1.807, 2.05) is 32.6 Å². The SMILES string of the molecule is CC(C)C[C@@H]1COC(C)(C)N1C(=O)c1cnc(Cl)c(Br)c1.CC(C)C[C@H](CO)NC(=O)c1cnc(Cl)c(Br)c1. The Kier molecular flexibility index (Phi) is 13.1. The second kappa shape index (κ2) is 15.1. The van der Waals surface area contributed by atoms with E-state index in [-0.39, 0.29) is 30.5 Å². The van der Waals surface area contributed by atoms with E-state index in [0.717, 1.165) is 12.8 Å². The van der Waals surface area contributed by atoms with Crippen LogP contribution in [0.3, 0.4) is 0 Å². The summed E-state index contributed by atoms with van der Waals surface area (Å²) < 4.78 is 7.00. The predicted molar refractivity (Wildman–Crippen MR) is 161 cm³/mol. The quantitative estimate of drug-likeness (QED) is 0.294. The van der Waals surface area contributed by atoms with Crippen LogP contribution in [0.25, 0.3) is 0 Å². The maximum Gasteiger partial charge on any atom is 0.258 e. The zero-order valence-corrected chi connectivity index (χ0v) is 27.7. The molecule has 0 aliphatic carbocycles. The minimum absolute atomic E-state index is 0.0759. The summed E-state index contributed by atoms with van der Waals surface area (Å²) in [4.78, 5) is 34.5. The summed E-state index contributed by atoms with van der Waals surface area (Å²) in [6.45, 7) is 12.7. The van der Waals surface area contributed by atoms with Gasteiger partial charge >= 0.3 is 0 Å². The molecule has 0 spiro atoms. The van der Waals surface area contributed by atoms with Crippen LogP contribution in [0.4, 0.5) is 0 Å². The van der Waals surface area contributed by atoms with Crippen molar-refractivity contribution in [2.24, 2.45) is 11.8 Å². The molecule has 1 aliphatic rings. The first-order valence-corrected chi connectivity index (χ1v) is 15.0. The highest BCUT2D eigenvalue weighted by Crippen LogP contribution is 2.33. The number of ether oxygens (including phenoxy) is 1. The third-order valence-corrected chi connectivity index (χ3v) is 8.22. The van der Waals surface area contributed by atoms with Crippen LogP contribution in [0.1, 0.15) is 75.1 Å². The molecule has 0 unspecified atom stereocenters. The minimum Gasteiger partial charge on any atom is -0.394 e. The van der Waals surface area contributed by atoms with Gasteiger partial charge in [-0.25, -0.2) is 9.97 Å². The molecular weight excluding hydrogens is 675 g/mol. The number of hydrogen-bond donors (Lipinski definition) is 2. The van der Waals surface area contributed by atoms with E-state index in [1.165, 1.54) is 12.4 Å². The van der Waals surface area contributed by atoms with Crippen LogP contribution in [0.2, 0.25) is 10.3 Å². The van der Waals surface area contributed by atoms with Crippen molar-refractivity contribution >= 4 is 66.9 Å². The van der Waals surface area contributed by atoms with Crippen molar-refractivity contribution in [1.29, 1.82) is 0 Å². The molecule has 0 aromatic carbocycles. The maximum atomic E-state index is 12.9. The second-order valence-corrected chi connectivity index (χ2v) is 13.1. The number of hydrogen-bond acceptors (Lipinski definition) is 6. The first kappa shape index (κ1) is 33.9. The van der Waals surface area contributed by atoms with Crippen molar-refractivity contribution in [2.45, 2.75) is 72.2 Å². The van der Waals surface area contributed by atoms with Crippen molar-refractivity contribution in [3.05, 3.63) is 54.9 Å². The number of carbonyl (C=O) groups excluding carboxylic acids is 2. The van der Waals surface area contributed by atoms with Gasteiger partial charge in [0, 0.05) is 12.4 Å². The smallest absolute Gasteiger partial charge is 0.258 e. The Bertz CT molecular complexity index is 1150. The number of aromatic nitrogens is 2. The average molecular weight is 711 g/mol. The first-order chi connectivity index (χ1) is 18.2. The Morgan fingerprint density at radius 2 is 1.62 bits per heavy atom. The summed E-state index contributed by atoms with van der Waals surface area (Å²) in [5.74, 6) is 0.558. The van der Waals surface area contributed by atoms with Gasteiger partial charge in [-0.1, -0.05) is 50.9 Å². The van der Waals surface area contributed by atoms with Crippen molar-refractivity contribution < 1.29 is 19.4 Å². The highest BCUT2D eigenvalue weighted by molar-refractivity contribution is 9.10. The van der Waals surface area contributed by atoms with Crippen molar-refractivity contribution in [3.63, 3.8) is 0 Å². The molecule has 3 heterocycles. The monoisotopic (exact) mass is 708 g/mol. The molecule has 2 aromatic heterocycles. The minimum atomic E-state index is -0.608. The fourth-order valence-corrected chi connectivity index (χ4v) is 5.16. The lowest BCUT2D eigenvalue weighted by Crippen LogP contribution is -2.48. The Morgan fingerprint density at radius 3 is 2.10 bits per heavy atom. The summed E-state index contributed by atoms with van der Waals surface area (Å²) in [6.07, 6.45) is 4.56. The number of amides is 2. The highest BCUT2D eigenvalue weighted by atomic mass is 79.9. The average Bonchev–Trinajstić information content (AvgIpc) is 3.14. The third-order valence-electron chi connectivity index (χ3n) is 5.95. The number of halogens is 4. The molecule has 1 saturated heterocycles. The Balaban J connectivity index is 0.000000277. The van der Waals surface area contributed by atoms with Gasteiger partial charge in [-0.15, -0.1) is 0 Å². The van der Waals surface area contributed by atoms with Gasteiger partial charge in [-0.2, -0.15) is 0 Å². The zero-order chi connectivity index (χ0) is 29.5. The molecule has 8 nitrogen and oxygen atoms in total. The first-order valence-electron chi connectivity index (χ1n) is 12.7. The van der Waals surface area contributed by atoms with Gasteiger partial charge in [0.2, 0.25) is 0 Å². The summed E-state index contributed by atoms with van der Waals surface area (Å²) in [5.41, 5.74) is 0.315. The number of rotatable bonds is 8. The molecule has 1 aliphatic heterocycles. The molecule has 0 saturated carbocycles. The van der Waals surface area contributed by atoms with Crippen molar-refractivity contribution in [3.8, 4) is 0 Å². The van der Waals surface area contributed by atoms with Crippen LogP contribution in [0, 0.1) is 11.8 Å². The third kappa shape index (κ3) is 9.93. The Morgan fingerprint density at radius 1 is 1.08 bits per heavy atom. The number of aliphatic hydroxyl groups excluding tert-OH is 1. The molecular formula is C27H36Br2Cl2N4O4. The lowest BCUT2D eigenvalue weighted by atomic mass is 10.0. The number of carbonyl (C=O) groups is 2. The molecule has 39 heavy (non-hydrogen) atoms. The van der Waals surface area contributed by atoms with E-state index in [2.05, 4.69) is 61.0 Å². The molecule has 3 rings (SSSR count). The van der Waals surface area contributed by atoms with Gasteiger partial charge in [-0.3, -0.25) is 9.59 Å². The fourth-order valence-electron chi connectivity index (χ4n) is 4.25. The van der Waals surface area contributed by atoms with Gasteiger partial charge in [0.1, 0.15) is 16.0 Å². The van der Waals surface area contributed by atoms with Crippen molar-refractivity contribution in [1.82, 2.24) is 20.2 Å². The van der Waals surface area contributed by atoms with Crippen LogP contribution in [0.5, 0.6) is 0 Å². The largest absolute Gasteiger partial charge is 0.394 e. The highest BCUT2D eigenvalue weighted by Gasteiger charge is 2.44. The topological polar surface area (TPSA) is 105 Å². The Labute approximate surface area is 257 Å². The van der Waals surface area contributed by atoms with E-state index in [9.17, 15) is 14.7 Å². The number of pyridine rings is 2. The number of nitrogens with one attached hydrogen (secondary N) is 1. The van der Waals surface area contributed by atoms with Gasteiger partial charge in [0.25, 0.3) is 11.8 Å². The fraction of sp³-hybridized carbons (Fsp3) is 0.556. The molecule has 2 N–H and O–H groups in total. The normalized spacial score (nSPS) is 17.2. The lowest BCUT2D eigenvalue weighted by molar-refractivity contribution is -0.0406. The molecule has 216 valence electrons. The Hall–Kier alpha value is -1.30. The summed E-state index contributed by atoms with van der Waals surface area (Å²) >= 11 is 18.2. The molecule has 0 bridgehead atoms. The molecule has 12 heteroatoms. The molecule has 2 aromatic rings. The number of nitrogens with zero attached hydrogens (tertiary/aromatic N) is 3. The van der Waals surface area contributed by atoms with Gasteiger partial charge in [0.05, 0.1) is 45.4 Å². The second-order valence-electron chi connectivity index (χ2n) is 10.7. The van der Waals surface area contributed by atoms with Gasteiger partial charge < -0.3 is 20.1 Å². The zero-order valence-electron chi connectivity index (χ0n) is 23.0. The van der Waals surface area contributed by atoms with Crippen LogP contribution in [-0.2, 0) is 4.74 Å². The van der Waals surface area contributed by atoms with E-state index in [4.69, 9.17) is 27.9 Å². The molecule has 2 amide bonds. The van der Waals surface area contributed by atoms with Crippen LogP contribution in [-0.4, -0.2) is 62.8 Å². The summed E-state index contributed by atoms with van der Waals surface area (Å²) in [5, 5.41) is 12.6. The number of aliphatic hydroxyl groups is 1. The van der Waals surface area contributed by atoms with E-state index in [1.54, 1.807) is 12.1 Å². The van der Waals surface area contributed by atoms with Crippen LogP contribution >= 0.6 is 55.1 Å². The predicted octanol–water partition coefficient (Wildman–Crippen LogP) is 6.76. The van der Waals surface area contributed by atoms with E-state index >= 15 is 0 Å². The summed E-state index contributed by atoms with van der Waals surface area (Å²) in [7, 11) is 0. The van der Waals surface area contributed by atoms with E-state index < -0.39 is 5.72 Å². The standard InChI is InChI=1S/C15H20BrClN2O2.C12H16BrClN2O2/c1-9(2)5-11-8-21-15(3,4)19(11)14(20)10-6-12(16)13(17)18-7-10;1-7(2)3-9(6-17)16-12(18)8-4-10(13)11(14)15-5-8/h6-7,9,11H,5,8H2,1-4H3;4-5,7,9,17H,3,6H2,1-2H3,(H,16,18)/t11-;9-/m11/s1. The van der Waals surface area contributed by atoms with Crippen LogP contribution < -0.4 is 5.32 Å². The maximum absolute atomic E-state index is 12.9. The molecule has 0 radical (unpaired) electrons. The molecule has 2 atom stereocenters. The summed E-state index contributed by atoms with van der Waals surface area (Å²) in [6, 6.07) is 3.15. The van der Waals surface area contributed by atoms with Crippen molar-refractivity contribution in [2.75, 3.05) is 13.2 Å². The van der Waals surface area contributed by atoms with Crippen LogP contribution in [0.15, 0.2) is 33.5 Å². The van der Waals surface area contributed by atoms with E-state index in [0.29, 0.717) is 48.8 Å². The van der Waals surface area contributed by atoms with Gasteiger partial charge in [-0.05, 0) is 82.5 Å². The molecule has 1 fully saturated rings. The lowest BCUT2D eigenvalue weighted by Gasteiger charge is -2.34. The van der Waals surface area contributed by atoms with Gasteiger partial charge in [0.15, 0.2) is 0 Å².